The minimum atomic E-state index is -0.155. The fourth-order valence-corrected chi connectivity index (χ4v) is 5.33. The van der Waals surface area contributed by atoms with E-state index in [1.54, 1.807) is 6.92 Å². The zero-order valence-corrected chi connectivity index (χ0v) is 19.5. The molecule has 33 heavy (non-hydrogen) atoms. The Kier molecular flexibility index (Phi) is 5.91. The smallest absolute Gasteiger partial charge is 0.254 e. The van der Waals surface area contributed by atoms with E-state index in [0.29, 0.717) is 25.5 Å². The molecular weight excluding hydrogens is 416 g/mol. The average molecular weight is 449 g/mol. The maximum Gasteiger partial charge on any atom is 0.254 e. The number of carbonyl (C=O) groups excluding carboxylic acids is 2. The van der Waals surface area contributed by atoms with E-state index < -0.39 is 0 Å². The van der Waals surface area contributed by atoms with Crippen LogP contribution in [0.15, 0.2) is 24.3 Å². The third-order valence-corrected chi connectivity index (χ3v) is 7.14. The molecule has 8 nitrogen and oxygen atoms in total. The first-order chi connectivity index (χ1) is 16.0. The van der Waals surface area contributed by atoms with E-state index >= 15 is 0 Å². The number of hydrogen-bond acceptors (Lipinski definition) is 6. The molecule has 1 N–H and O–H groups in total. The molecule has 174 valence electrons. The summed E-state index contributed by atoms with van der Waals surface area (Å²) in [4.78, 5) is 41.3. The maximum absolute atomic E-state index is 13.6. The van der Waals surface area contributed by atoms with E-state index in [4.69, 9.17) is 9.97 Å². The lowest BCUT2D eigenvalue weighted by atomic mass is 10.0. The van der Waals surface area contributed by atoms with Crippen molar-refractivity contribution in [3.05, 3.63) is 46.9 Å². The number of carbonyl (C=O) groups is 2. The van der Waals surface area contributed by atoms with E-state index in [1.165, 1.54) is 12.8 Å². The van der Waals surface area contributed by atoms with Gasteiger partial charge in [-0.3, -0.25) is 9.59 Å². The second-order valence-electron chi connectivity index (χ2n) is 9.20. The molecule has 0 radical (unpaired) electrons. The molecule has 1 aromatic carbocycles. The van der Waals surface area contributed by atoms with Gasteiger partial charge in [-0.2, -0.15) is 0 Å². The molecule has 2 fully saturated rings. The van der Waals surface area contributed by atoms with Crippen LogP contribution in [0, 0.1) is 0 Å². The van der Waals surface area contributed by atoms with Crippen LogP contribution in [-0.4, -0.2) is 64.8 Å². The number of likely N-dealkylation sites (tertiary alicyclic amines) is 1. The third kappa shape index (κ3) is 4.14. The van der Waals surface area contributed by atoms with Crippen molar-refractivity contribution in [1.82, 2.24) is 19.8 Å². The number of benzene rings is 1. The van der Waals surface area contributed by atoms with Gasteiger partial charge < -0.3 is 20.0 Å². The molecule has 3 aliphatic rings. The van der Waals surface area contributed by atoms with Crippen molar-refractivity contribution in [3.8, 4) is 0 Å². The summed E-state index contributed by atoms with van der Waals surface area (Å²) in [6.45, 7) is 5.58. The molecule has 2 amide bonds. The fourth-order valence-electron chi connectivity index (χ4n) is 5.33. The molecule has 3 aliphatic heterocycles. The van der Waals surface area contributed by atoms with Gasteiger partial charge in [0, 0.05) is 57.0 Å². The number of rotatable bonds is 4. The van der Waals surface area contributed by atoms with Crippen molar-refractivity contribution in [2.75, 3.05) is 43.4 Å². The zero-order chi connectivity index (χ0) is 22.9. The van der Waals surface area contributed by atoms with Crippen molar-refractivity contribution in [2.24, 2.45) is 0 Å². The maximum atomic E-state index is 13.6. The van der Waals surface area contributed by atoms with E-state index in [2.05, 4.69) is 16.3 Å². The summed E-state index contributed by atoms with van der Waals surface area (Å²) >= 11 is 0. The van der Waals surface area contributed by atoms with Gasteiger partial charge in [-0.1, -0.05) is 6.07 Å². The highest BCUT2D eigenvalue weighted by Gasteiger charge is 2.34. The highest BCUT2D eigenvalue weighted by molar-refractivity contribution is 5.95. The van der Waals surface area contributed by atoms with Gasteiger partial charge in [-0.25, -0.2) is 9.97 Å². The van der Waals surface area contributed by atoms with Crippen LogP contribution in [0.4, 0.5) is 11.5 Å². The predicted molar refractivity (Wildman–Crippen MR) is 127 cm³/mol. The molecule has 2 saturated heterocycles. The normalized spacial score (nSPS) is 20.2. The van der Waals surface area contributed by atoms with Gasteiger partial charge in [0.05, 0.1) is 18.3 Å². The van der Waals surface area contributed by atoms with Crippen LogP contribution in [0.2, 0.25) is 0 Å². The molecule has 4 heterocycles. The standard InChI is InChI=1S/C25H32N6O2/c1-17(32)30-14-10-20-21(16-30)27-24(28-23(20)26-2)22-9-6-13-31(22)25(33)18-7-5-8-19(15-18)29-11-3-4-12-29/h5,7-8,15,22H,3-4,6,9-14,16H2,1-2H3,(H,26,27,28). The Morgan fingerprint density at radius 3 is 2.64 bits per heavy atom. The molecule has 2 aromatic rings. The second-order valence-corrected chi connectivity index (χ2v) is 9.20. The summed E-state index contributed by atoms with van der Waals surface area (Å²) in [5, 5.41) is 3.21. The number of aromatic nitrogens is 2. The number of amides is 2. The van der Waals surface area contributed by atoms with E-state index in [0.717, 1.165) is 60.7 Å². The summed E-state index contributed by atoms with van der Waals surface area (Å²) in [7, 11) is 1.87. The Labute approximate surface area is 195 Å². The summed E-state index contributed by atoms with van der Waals surface area (Å²) < 4.78 is 0. The lowest BCUT2D eigenvalue weighted by Crippen LogP contribution is -2.36. The number of fused-ring (bicyclic) bond motifs is 1. The van der Waals surface area contributed by atoms with E-state index in [-0.39, 0.29) is 17.9 Å². The van der Waals surface area contributed by atoms with Crippen LogP contribution in [0.25, 0.3) is 0 Å². The van der Waals surface area contributed by atoms with Crippen LogP contribution >= 0.6 is 0 Å². The second kappa shape index (κ2) is 9.00. The highest BCUT2D eigenvalue weighted by atomic mass is 16.2. The Morgan fingerprint density at radius 2 is 1.88 bits per heavy atom. The SMILES string of the molecule is CNc1nc(C2CCCN2C(=O)c2cccc(N3CCCC3)c2)nc2c1CCN(C(C)=O)C2. The molecule has 1 atom stereocenters. The predicted octanol–water partition coefficient (Wildman–Crippen LogP) is 3.00. The van der Waals surface area contributed by atoms with Crippen LogP contribution in [-0.2, 0) is 17.8 Å². The largest absolute Gasteiger partial charge is 0.373 e. The Morgan fingerprint density at radius 1 is 1.06 bits per heavy atom. The first kappa shape index (κ1) is 21.7. The number of anilines is 2. The van der Waals surface area contributed by atoms with Crippen LogP contribution in [0.1, 0.15) is 66.1 Å². The molecule has 0 aliphatic carbocycles. The van der Waals surface area contributed by atoms with Gasteiger partial charge in [0.1, 0.15) is 5.82 Å². The molecule has 0 saturated carbocycles. The fraction of sp³-hybridized carbons (Fsp3) is 0.520. The highest BCUT2D eigenvalue weighted by Crippen LogP contribution is 2.34. The lowest BCUT2D eigenvalue weighted by molar-refractivity contribution is -0.129. The first-order valence-electron chi connectivity index (χ1n) is 12.0. The average Bonchev–Trinajstić information content (AvgIpc) is 3.55. The molecule has 5 rings (SSSR count). The van der Waals surface area contributed by atoms with Gasteiger partial charge >= 0.3 is 0 Å². The van der Waals surface area contributed by atoms with Crippen molar-refractivity contribution in [1.29, 1.82) is 0 Å². The summed E-state index contributed by atoms with van der Waals surface area (Å²) in [5.41, 5.74) is 3.82. The summed E-state index contributed by atoms with van der Waals surface area (Å²) in [6, 6.07) is 7.86. The minimum absolute atomic E-state index is 0.0382. The van der Waals surface area contributed by atoms with Gasteiger partial charge in [0.2, 0.25) is 5.91 Å². The third-order valence-electron chi connectivity index (χ3n) is 7.14. The number of hydrogen-bond donors (Lipinski definition) is 1. The molecule has 0 spiro atoms. The quantitative estimate of drug-likeness (QED) is 0.774. The van der Waals surface area contributed by atoms with Gasteiger partial charge in [0.15, 0.2) is 5.82 Å². The molecule has 8 heteroatoms. The van der Waals surface area contributed by atoms with Crippen molar-refractivity contribution in [3.63, 3.8) is 0 Å². The monoisotopic (exact) mass is 448 g/mol. The zero-order valence-electron chi connectivity index (χ0n) is 19.5. The van der Waals surface area contributed by atoms with E-state index in [9.17, 15) is 9.59 Å². The Bertz CT molecular complexity index is 1060. The van der Waals surface area contributed by atoms with Crippen LogP contribution < -0.4 is 10.2 Å². The van der Waals surface area contributed by atoms with Crippen molar-refractivity contribution >= 4 is 23.3 Å². The van der Waals surface area contributed by atoms with Crippen molar-refractivity contribution < 1.29 is 9.59 Å². The number of nitrogens with zero attached hydrogens (tertiary/aromatic N) is 5. The Hall–Kier alpha value is -3.16. The topological polar surface area (TPSA) is 81.7 Å². The van der Waals surface area contributed by atoms with Crippen LogP contribution in [0.5, 0.6) is 0 Å². The number of nitrogens with one attached hydrogen (secondary N) is 1. The Balaban J connectivity index is 1.43. The van der Waals surface area contributed by atoms with Crippen molar-refractivity contribution in [2.45, 2.75) is 51.6 Å². The van der Waals surface area contributed by atoms with Gasteiger partial charge in [0.25, 0.3) is 5.91 Å². The first-order valence-corrected chi connectivity index (χ1v) is 12.0. The lowest BCUT2D eigenvalue weighted by Gasteiger charge is -2.30. The molecule has 1 unspecified atom stereocenters. The van der Waals surface area contributed by atoms with Crippen LogP contribution in [0.3, 0.4) is 0 Å². The van der Waals surface area contributed by atoms with E-state index in [1.807, 2.05) is 35.0 Å². The molecular formula is C25H32N6O2. The molecule has 0 bridgehead atoms. The van der Waals surface area contributed by atoms with Gasteiger partial charge in [-0.05, 0) is 50.3 Å². The minimum Gasteiger partial charge on any atom is -0.373 e. The van der Waals surface area contributed by atoms with Gasteiger partial charge in [-0.15, -0.1) is 0 Å². The summed E-state index contributed by atoms with van der Waals surface area (Å²) in [5.74, 6) is 1.58. The summed E-state index contributed by atoms with van der Waals surface area (Å²) in [6.07, 6.45) is 4.92. The molecule has 1 aromatic heterocycles.